The van der Waals surface area contributed by atoms with Gasteiger partial charge < -0.3 is 15.2 Å². The van der Waals surface area contributed by atoms with E-state index in [1.807, 2.05) is 27.7 Å². The number of aryl methyl sites for hydroxylation is 2. The number of amides is 1. The molecular weight excluding hydrogens is 206 g/mol. The minimum atomic E-state index is -0.0197. The fourth-order valence-corrected chi connectivity index (χ4v) is 1.30. The summed E-state index contributed by atoms with van der Waals surface area (Å²) >= 11 is 0. The first-order valence-corrected chi connectivity index (χ1v) is 5.42. The summed E-state index contributed by atoms with van der Waals surface area (Å²) in [6, 6.07) is 0.310. The monoisotopic (exact) mass is 225 g/mol. The third-order valence-corrected chi connectivity index (χ3v) is 2.31. The molecule has 0 saturated heterocycles. The van der Waals surface area contributed by atoms with Crippen LogP contribution < -0.4 is 10.6 Å². The van der Waals surface area contributed by atoms with Crippen LogP contribution in [0.25, 0.3) is 0 Å². The summed E-state index contributed by atoms with van der Waals surface area (Å²) in [6.07, 6.45) is 0. The highest BCUT2D eigenvalue weighted by Gasteiger charge is 2.10. The van der Waals surface area contributed by atoms with Gasteiger partial charge in [0, 0.05) is 18.2 Å². The van der Waals surface area contributed by atoms with Crippen molar-refractivity contribution >= 4 is 5.91 Å². The highest BCUT2D eigenvalue weighted by atomic mass is 16.5. The Morgan fingerprint density at radius 1 is 1.44 bits per heavy atom. The minimum absolute atomic E-state index is 0.0197. The van der Waals surface area contributed by atoms with E-state index >= 15 is 0 Å². The lowest BCUT2D eigenvalue weighted by molar-refractivity contribution is -0.120. The zero-order chi connectivity index (χ0) is 12.1. The molecule has 0 radical (unpaired) electrons. The average molecular weight is 225 g/mol. The second kappa shape index (κ2) is 5.65. The van der Waals surface area contributed by atoms with Crippen molar-refractivity contribution in [1.29, 1.82) is 0 Å². The SMILES string of the molecule is Cc1noc(C)c1CNC(=O)CNC(C)C. The van der Waals surface area contributed by atoms with Crippen LogP contribution in [-0.4, -0.2) is 23.7 Å². The Morgan fingerprint density at radius 2 is 2.12 bits per heavy atom. The highest BCUT2D eigenvalue weighted by molar-refractivity contribution is 5.78. The Hall–Kier alpha value is -1.36. The molecule has 90 valence electrons. The molecule has 0 fully saturated rings. The highest BCUT2D eigenvalue weighted by Crippen LogP contribution is 2.11. The van der Waals surface area contributed by atoms with Crippen LogP contribution in [0.2, 0.25) is 0 Å². The van der Waals surface area contributed by atoms with Crippen LogP contribution in [0, 0.1) is 13.8 Å². The molecular formula is C11H19N3O2. The van der Waals surface area contributed by atoms with E-state index in [0.29, 0.717) is 19.1 Å². The van der Waals surface area contributed by atoms with Crippen molar-refractivity contribution in [3.63, 3.8) is 0 Å². The first kappa shape index (κ1) is 12.7. The molecule has 0 atom stereocenters. The van der Waals surface area contributed by atoms with Gasteiger partial charge in [0.15, 0.2) is 0 Å². The van der Waals surface area contributed by atoms with Gasteiger partial charge in [0.25, 0.3) is 0 Å². The largest absolute Gasteiger partial charge is 0.361 e. The molecule has 1 aromatic rings. The minimum Gasteiger partial charge on any atom is -0.361 e. The smallest absolute Gasteiger partial charge is 0.234 e. The number of nitrogens with zero attached hydrogens (tertiary/aromatic N) is 1. The van der Waals surface area contributed by atoms with Gasteiger partial charge in [0.05, 0.1) is 12.2 Å². The zero-order valence-electron chi connectivity index (χ0n) is 10.3. The second-order valence-electron chi connectivity index (χ2n) is 4.12. The van der Waals surface area contributed by atoms with E-state index in [-0.39, 0.29) is 5.91 Å². The standard InChI is InChI=1S/C11H19N3O2/c1-7(2)12-6-11(15)13-5-10-8(3)14-16-9(10)4/h7,12H,5-6H2,1-4H3,(H,13,15). The number of hydrogen-bond acceptors (Lipinski definition) is 4. The molecule has 0 aromatic carbocycles. The molecule has 0 saturated carbocycles. The molecule has 0 aliphatic rings. The van der Waals surface area contributed by atoms with Crippen LogP contribution in [-0.2, 0) is 11.3 Å². The Labute approximate surface area is 95.6 Å². The van der Waals surface area contributed by atoms with Gasteiger partial charge in [-0.05, 0) is 13.8 Å². The molecule has 16 heavy (non-hydrogen) atoms. The van der Waals surface area contributed by atoms with Gasteiger partial charge in [-0.25, -0.2) is 0 Å². The van der Waals surface area contributed by atoms with E-state index in [0.717, 1.165) is 17.0 Å². The third-order valence-electron chi connectivity index (χ3n) is 2.31. The van der Waals surface area contributed by atoms with Crippen molar-refractivity contribution in [2.24, 2.45) is 0 Å². The lowest BCUT2D eigenvalue weighted by Crippen LogP contribution is -2.36. The summed E-state index contributed by atoms with van der Waals surface area (Å²) in [5.74, 6) is 0.739. The van der Waals surface area contributed by atoms with Gasteiger partial charge in [-0.15, -0.1) is 0 Å². The number of carbonyl (C=O) groups excluding carboxylic acids is 1. The van der Waals surface area contributed by atoms with E-state index < -0.39 is 0 Å². The van der Waals surface area contributed by atoms with Crippen molar-refractivity contribution in [3.05, 3.63) is 17.0 Å². The molecule has 1 heterocycles. The van der Waals surface area contributed by atoms with Crippen LogP contribution in [0.15, 0.2) is 4.52 Å². The van der Waals surface area contributed by atoms with Gasteiger partial charge in [0.1, 0.15) is 5.76 Å². The van der Waals surface area contributed by atoms with E-state index in [4.69, 9.17) is 4.52 Å². The van der Waals surface area contributed by atoms with Gasteiger partial charge in [-0.1, -0.05) is 19.0 Å². The fraction of sp³-hybridized carbons (Fsp3) is 0.636. The summed E-state index contributed by atoms with van der Waals surface area (Å²) in [5.41, 5.74) is 1.78. The molecule has 0 spiro atoms. The van der Waals surface area contributed by atoms with Crippen molar-refractivity contribution in [2.75, 3.05) is 6.54 Å². The molecule has 2 N–H and O–H groups in total. The Balaban J connectivity index is 2.37. The number of hydrogen-bond donors (Lipinski definition) is 2. The van der Waals surface area contributed by atoms with E-state index in [9.17, 15) is 4.79 Å². The Kier molecular flexibility index (Phi) is 4.49. The normalized spacial score (nSPS) is 10.8. The first-order valence-electron chi connectivity index (χ1n) is 5.42. The number of rotatable bonds is 5. The maximum absolute atomic E-state index is 11.4. The molecule has 5 heteroatoms. The summed E-state index contributed by atoms with van der Waals surface area (Å²) in [6.45, 7) is 8.52. The fourth-order valence-electron chi connectivity index (χ4n) is 1.30. The summed E-state index contributed by atoms with van der Waals surface area (Å²) in [5, 5.41) is 9.70. The molecule has 0 unspecified atom stereocenters. The topological polar surface area (TPSA) is 67.2 Å². The Morgan fingerprint density at radius 3 is 2.62 bits per heavy atom. The molecule has 1 aromatic heterocycles. The predicted molar refractivity (Wildman–Crippen MR) is 61.0 cm³/mol. The van der Waals surface area contributed by atoms with Crippen molar-refractivity contribution in [1.82, 2.24) is 15.8 Å². The molecule has 5 nitrogen and oxygen atoms in total. The zero-order valence-corrected chi connectivity index (χ0v) is 10.3. The second-order valence-corrected chi connectivity index (χ2v) is 4.12. The van der Waals surface area contributed by atoms with Crippen LogP contribution in [0.1, 0.15) is 30.9 Å². The van der Waals surface area contributed by atoms with E-state index in [1.165, 1.54) is 0 Å². The molecule has 1 amide bonds. The summed E-state index contributed by atoms with van der Waals surface area (Å²) in [4.78, 5) is 11.4. The average Bonchev–Trinajstić information content (AvgIpc) is 2.53. The number of aromatic nitrogens is 1. The van der Waals surface area contributed by atoms with Gasteiger partial charge >= 0.3 is 0 Å². The number of carbonyl (C=O) groups is 1. The molecule has 1 rings (SSSR count). The molecule has 0 aliphatic heterocycles. The van der Waals surface area contributed by atoms with Crippen molar-refractivity contribution < 1.29 is 9.32 Å². The van der Waals surface area contributed by atoms with Gasteiger partial charge in [0.2, 0.25) is 5.91 Å². The van der Waals surface area contributed by atoms with Gasteiger partial charge in [-0.3, -0.25) is 4.79 Å². The van der Waals surface area contributed by atoms with Crippen LogP contribution in [0.4, 0.5) is 0 Å². The summed E-state index contributed by atoms with van der Waals surface area (Å²) < 4.78 is 5.01. The van der Waals surface area contributed by atoms with Crippen LogP contribution >= 0.6 is 0 Å². The van der Waals surface area contributed by atoms with Crippen LogP contribution in [0.3, 0.4) is 0 Å². The van der Waals surface area contributed by atoms with Gasteiger partial charge in [-0.2, -0.15) is 0 Å². The number of nitrogens with one attached hydrogen (secondary N) is 2. The maximum atomic E-state index is 11.4. The van der Waals surface area contributed by atoms with E-state index in [1.54, 1.807) is 0 Å². The quantitative estimate of drug-likeness (QED) is 0.781. The lowest BCUT2D eigenvalue weighted by atomic mass is 10.2. The first-order chi connectivity index (χ1) is 7.50. The molecule has 0 aliphatic carbocycles. The molecule has 0 bridgehead atoms. The third kappa shape index (κ3) is 3.66. The van der Waals surface area contributed by atoms with E-state index in [2.05, 4.69) is 15.8 Å². The Bertz CT molecular complexity index is 339. The summed E-state index contributed by atoms with van der Waals surface area (Å²) in [7, 11) is 0. The van der Waals surface area contributed by atoms with Crippen LogP contribution in [0.5, 0.6) is 0 Å². The maximum Gasteiger partial charge on any atom is 0.234 e. The predicted octanol–water partition coefficient (Wildman–Crippen LogP) is 0.906. The van der Waals surface area contributed by atoms with Crippen molar-refractivity contribution in [2.45, 2.75) is 40.3 Å². The van der Waals surface area contributed by atoms with Crippen molar-refractivity contribution in [3.8, 4) is 0 Å². The lowest BCUT2D eigenvalue weighted by Gasteiger charge is -2.08.